The highest BCUT2D eigenvalue weighted by Crippen LogP contribution is 2.25. The maximum atomic E-state index is 12.1. The van der Waals surface area contributed by atoms with Gasteiger partial charge in [0.05, 0.1) is 10.7 Å². The Kier molecular flexibility index (Phi) is 3.55. The number of pyridine rings is 1. The van der Waals surface area contributed by atoms with Crippen molar-refractivity contribution in [3.8, 4) is 0 Å². The molecule has 0 N–H and O–H groups in total. The van der Waals surface area contributed by atoms with Crippen molar-refractivity contribution in [2.45, 2.75) is 11.0 Å². The zero-order valence-electron chi connectivity index (χ0n) is 11.8. The lowest BCUT2D eigenvalue weighted by Crippen LogP contribution is -2.15. The van der Waals surface area contributed by atoms with Crippen LogP contribution < -0.4 is 5.56 Å². The minimum atomic E-state index is -0.161. The van der Waals surface area contributed by atoms with Crippen molar-refractivity contribution >= 4 is 40.1 Å². The highest BCUT2D eigenvalue weighted by atomic mass is 35.5. The molecule has 0 saturated heterocycles. The Balaban J connectivity index is 1.62. The van der Waals surface area contributed by atoms with Crippen molar-refractivity contribution in [2.24, 2.45) is 0 Å². The number of hydrogen-bond acceptors (Lipinski definition) is 5. The van der Waals surface area contributed by atoms with E-state index in [4.69, 9.17) is 16.0 Å². The van der Waals surface area contributed by atoms with Gasteiger partial charge < -0.3 is 4.42 Å². The van der Waals surface area contributed by atoms with E-state index in [1.165, 1.54) is 22.2 Å². The second-order valence-corrected chi connectivity index (χ2v) is 6.26. The number of benzene rings is 1. The molecule has 0 atom stereocenters. The first kappa shape index (κ1) is 14.3. The lowest BCUT2D eigenvalue weighted by molar-refractivity contribution is 0.489. The lowest BCUT2D eigenvalue weighted by Gasteiger charge is -2.03. The first-order chi connectivity index (χ1) is 11.2. The van der Waals surface area contributed by atoms with E-state index in [2.05, 4.69) is 9.97 Å². The summed E-state index contributed by atoms with van der Waals surface area (Å²) in [6, 6.07) is 12.5. The number of aromatic nitrogens is 3. The first-order valence-electron chi connectivity index (χ1n) is 6.85. The zero-order valence-corrected chi connectivity index (χ0v) is 13.3. The van der Waals surface area contributed by atoms with Gasteiger partial charge in [0, 0.05) is 18.0 Å². The van der Waals surface area contributed by atoms with Gasteiger partial charge in [-0.1, -0.05) is 35.5 Å². The van der Waals surface area contributed by atoms with Gasteiger partial charge in [-0.3, -0.25) is 9.20 Å². The number of halogens is 1. The van der Waals surface area contributed by atoms with Gasteiger partial charge in [0.1, 0.15) is 11.2 Å². The number of fused-ring (bicyclic) bond motifs is 2. The van der Waals surface area contributed by atoms with Gasteiger partial charge in [-0.25, -0.2) is 9.97 Å². The topological polar surface area (TPSA) is 60.4 Å². The molecule has 0 fully saturated rings. The van der Waals surface area contributed by atoms with Crippen molar-refractivity contribution in [2.75, 3.05) is 0 Å². The Labute approximate surface area is 139 Å². The van der Waals surface area contributed by atoms with Gasteiger partial charge in [0.25, 0.3) is 10.8 Å². The molecule has 0 aliphatic carbocycles. The number of rotatable bonds is 3. The summed E-state index contributed by atoms with van der Waals surface area (Å²) >= 11 is 7.30. The number of hydrogen-bond donors (Lipinski definition) is 0. The van der Waals surface area contributed by atoms with E-state index < -0.39 is 0 Å². The Hall–Kier alpha value is -2.31. The van der Waals surface area contributed by atoms with E-state index in [9.17, 15) is 4.79 Å². The van der Waals surface area contributed by atoms with Crippen LogP contribution >= 0.6 is 23.4 Å². The molecule has 0 saturated carbocycles. The van der Waals surface area contributed by atoms with Crippen molar-refractivity contribution in [3.05, 3.63) is 69.7 Å². The monoisotopic (exact) mass is 343 g/mol. The summed E-state index contributed by atoms with van der Waals surface area (Å²) < 4.78 is 7.07. The Morgan fingerprint density at radius 1 is 1.17 bits per heavy atom. The third-order valence-corrected chi connectivity index (χ3v) is 4.38. The second kappa shape index (κ2) is 5.72. The van der Waals surface area contributed by atoms with Gasteiger partial charge >= 0.3 is 0 Å². The molecule has 0 radical (unpaired) electrons. The Morgan fingerprint density at radius 3 is 2.91 bits per heavy atom. The summed E-state index contributed by atoms with van der Waals surface area (Å²) in [4.78, 5) is 21.0. The molecule has 4 aromatic rings. The molecule has 0 bridgehead atoms. The summed E-state index contributed by atoms with van der Waals surface area (Å²) in [5, 5.41) is 1.05. The van der Waals surface area contributed by atoms with Crippen molar-refractivity contribution in [3.63, 3.8) is 0 Å². The Bertz CT molecular complexity index is 1040. The molecule has 7 heteroatoms. The van der Waals surface area contributed by atoms with E-state index in [0.717, 1.165) is 11.1 Å². The predicted molar refractivity (Wildman–Crippen MR) is 90.0 cm³/mol. The summed E-state index contributed by atoms with van der Waals surface area (Å²) in [6.07, 6.45) is 1.56. The molecule has 3 aromatic heterocycles. The van der Waals surface area contributed by atoms with E-state index in [-0.39, 0.29) is 5.56 Å². The fourth-order valence-electron chi connectivity index (χ4n) is 2.25. The fraction of sp³-hybridized carbons (Fsp3) is 0.0625. The van der Waals surface area contributed by atoms with Crippen LogP contribution in [-0.4, -0.2) is 14.4 Å². The van der Waals surface area contributed by atoms with Gasteiger partial charge in [0.15, 0.2) is 5.58 Å². The van der Waals surface area contributed by atoms with Gasteiger partial charge in [-0.2, -0.15) is 0 Å². The summed E-state index contributed by atoms with van der Waals surface area (Å²) in [5.41, 5.74) is 2.64. The molecule has 0 unspecified atom stereocenters. The lowest BCUT2D eigenvalue weighted by atomic mass is 10.3. The third kappa shape index (κ3) is 2.83. The smallest absolute Gasteiger partial charge is 0.258 e. The SMILES string of the molecule is O=c1cc(CSc2nc3ccccc3o2)nc2ccc(Cl)cn12. The van der Waals surface area contributed by atoms with Gasteiger partial charge in [-0.15, -0.1) is 0 Å². The minimum absolute atomic E-state index is 0.161. The van der Waals surface area contributed by atoms with Crippen LogP contribution in [0.25, 0.3) is 16.7 Å². The molecule has 0 amide bonds. The molecule has 0 aliphatic rings. The molecular formula is C16H10ClN3O2S. The van der Waals surface area contributed by atoms with E-state index >= 15 is 0 Å². The third-order valence-electron chi connectivity index (χ3n) is 3.29. The maximum Gasteiger partial charge on any atom is 0.258 e. The van der Waals surface area contributed by atoms with E-state index in [0.29, 0.717) is 27.3 Å². The molecular weight excluding hydrogens is 334 g/mol. The fourth-order valence-corrected chi connectivity index (χ4v) is 3.14. The molecule has 114 valence electrons. The van der Waals surface area contributed by atoms with Crippen LogP contribution in [0, 0.1) is 0 Å². The van der Waals surface area contributed by atoms with Crippen LogP contribution in [0.1, 0.15) is 5.69 Å². The number of nitrogens with zero attached hydrogens (tertiary/aromatic N) is 3. The number of thioether (sulfide) groups is 1. The highest BCUT2D eigenvalue weighted by molar-refractivity contribution is 7.98. The van der Waals surface area contributed by atoms with Crippen LogP contribution in [0.3, 0.4) is 0 Å². The number of para-hydroxylation sites is 2. The molecule has 1 aromatic carbocycles. The van der Waals surface area contributed by atoms with Gasteiger partial charge in [0.2, 0.25) is 0 Å². The van der Waals surface area contributed by atoms with Crippen LogP contribution in [0.5, 0.6) is 0 Å². The zero-order chi connectivity index (χ0) is 15.8. The Morgan fingerprint density at radius 2 is 2.04 bits per heavy atom. The maximum absolute atomic E-state index is 12.1. The molecule has 3 heterocycles. The average Bonchev–Trinajstić information content (AvgIpc) is 2.96. The van der Waals surface area contributed by atoms with Crippen molar-refractivity contribution in [1.29, 1.82) is 0 Å². The molecule has 0 spiro atoms. The molecule has 23 heavy (non-hydrogen) atoms. The molecule has 0 aliphatic heterocycles. The standard InChI is InChI=1S/C16H10ClN3O2S/c17-10-5-6-14-18-11(7-15(21)20(14)8-10)9-23-16-19-12-3-1-2-4-13(12)22-16/h1-8H,9H2. The van der Waals surface area contributed by atoms with Crippen LogP contribution in [0.2, 0.25) is 5.02 Å². The van der Waals surface area contributed by atoms with E-state index in [1.807, 2.05) is 24.3 Å². The van der Waals surface area contributed by atoms with Crippen molar-refractivity contribution < 1.29 is 4.42 Å². The molecule has 4 rings (SSSR count). The van der Waals surface area contributed by atoms with Gasteiger partial charge in [-0.05, 0) is 24.3 Å². The van der Waals surface area contributed by atoms with Crippen LogP contribution in [0.4, 0.5) is 0 Å². The van der Waals surface area contributed by atoms with E-state index in [1.54, 1.807) is 18.3 Å². The quantitative estimate of drug-likeness (QED) is 0.530. The summed E-state index contributed by atoms with van der Waals surface area (Å²) in [5.74, 6) is 0.501. The number of oxazole rings is 1. The molecule has 5 nitrogen and oxygen atoms in total. The summed E-state index contributed by atoms with van der Waals surface area (Å²) in [7, 11) is 0. The average molecular weight is 344 g/mol. The second-order valence-electron chi connectivity index (χ2n) is 4.90. The minimum Gasteiger partial charge on any atom is -0.431 e. The normalized spacial score (nSPS) is 11.3. The summed E-state index contributed by atoms with van der Waals surface area (Å²) in [6.45, 7) is 0. The predicted octanol–water partition coefficient (Wildman–Crippen LogP) is 3.78. The first-order valence-corrected chi connectivity index (χ1v) is 8.22. The highest BCUT2D eigenvalue weighted by Gasteiger charge is 2.08. The van der Waals surface area contributed by atoms with Crippen LogP contribution in [0.15, 0.2) is 63.1 Å². The van der Waals surface area contributed by atoms with Crippen LogP contribution in [-0.2, 0) is 5.75 Å². The van der Waals surface area contributed by atoms with Crippen molar-refractivity contribution in [1.82, 2.24) is 14.4 Å². The largest absolute Gasteiger partial charge is 0.431 e.